The molecular formula is C8H7KN3O2. The molecule has 0 saturated carbocycles. The first-order valence-corrected chi connectivity index (χ1v) is 3.69. The summed E-state index contributed by atoms with van der Waals surface area (Å²) in [5, 5.41) is 4.98. The second kappa shape index (κ2) is 4.41. The molecule has 67 valence electrons. The number of fused-ring (bicyclic) bond motifs is 1. The minimum atomic E-state index is -0.382. The number of aromatic nitrogens is 2. The summed E-state index contributed by atoms with van der Waals surface area (Å²) in [6.45, 7) is 0. The number of H-pyrrole nitrogens is 2. The Labute approximate surface area is 121 Å². The van der Waals surface area contributed by atoms with E-state index in [-0.39, 0.29) is 67.9 Å². The van der Waals surface area contributed by atoms with Crippen LogP contribution in [0, 0.1) is 0 Å². The molecule has 5 nitrogen and oxygen atoms in total. The van der Waals surface area contributed by atoms with Gasteiger partial charge in [-0.3, -0.25) is 19.8 Å². The normalized spacial score (nSPS) is 9.71. The molecule has 0 spiro atoms. The van der Waals surface area contributed by atoms with Gasteiger partial charge in [-0.2, -0.15) is 0 Å². The zero-order valence-electron chi connectivity index (χ0n) is 7.63. The summed E-state index contributed by atoms with van der Waals surface area (Å²) >= 11 is 0. The van der Waals surface area contributed by atoms with E-state index in [0.717, 1.165) is 0 Å². The van der Waals surface area contributed by atoms with E-state index in [1.165, 1.54) is 0 Å². The van der Waals surface area contributed by atoms with E-state index in [0.29, 0.717) is 11.1 Å². The van der Waals surface area contributed by atoms with Crippen LogP contribution in [0.4, 0.5) is 5.69 Å². The number of anilines is 1. The maximum absolute atomic E-state index is 11.2. The summed E-state index contributed by atoms with van der Waals surface area (Å²) in [6, 6.07) is 4.77. The van der Waals surface area contributed by atoms with Gasteiger partial charge in [0.2, 0.25) is 0 Å². The molecular weight excluding hydrogens is 209 g/mol. The van der Waals surface area contributed by atoms with Gasteiger partial charge in [0, 0.05) is 57.1 Å². The predicted octanol–water partition coefficient (Wildman–Crippen LogP) is -0.582. The van der Waals surface area contributed by atoms with Crippen molar-refractivity contribution in [2.24, 2.45) is 0 Å². The molecule has 1 aromatic carbocycles. The third-order valence-corrected chi connectivity index (χ3v) is 1.86. The molecule has 4 N–H and O–H groups in total. The van der Waals surface area contributed by atoms with Crippen molar-refractivity contribution in [3.63, 3.8) is 0 Å². The van der Waals surface area contributed by atoms with Crippen LogP contribution in [0.5, 0.6) is 0 Å². The second-order valence-electron chi connectivity index (χ2n) is 2.68. The summed E-state index contributed by atoms with van der Waals surface area (Å²) in [5.41, 5.74) is 5.14. The Balaban J connectivity index is 0.000000980. The van der Waals surface area contributed by atoms with Crippen LogP contribution in [0.15, 0.2) is 27.8 Å². The predicted molar refractivity (Wildman–Crippen MR) is 55.4 cm³/mol. The molecule has 0 atom stereocenters. The van der Waals surface area contributed by atoms with E-state index in [9.17, 15) is 9.59 Å². The van der Waals surface area contributed by atoms with Gasteiger partial charge < -0.3 is 5.73 Å². The molecule has 0 aliphatic heterocycles. The molecule has 1 radical (unpaired) electrons. The number of hydrogen-bond donors (Lipinski definition) is 3. The minimum Gasteiger partial charge on any atom is -0.398 e. The number of nitrogens with two attached hydrogens (primary N) is 1. The minimum absolute atomic E-state index is 0. The first kappa shape index (κ1) is 11.7. The molecule has 0 amide bonds. The van der Waals surface area contributed by atoms with E-state index < -0.39 is 0 Å². The van der Waals surface area contributed by atoms with Gasteiger partial charge in [-0.1, -0.05) is 6.07 Å². The molecule has 0 fully saturated rings. The van der Waals surface area contributed by atoms with Crippen molar-refractivity contribution in [3.8, 4) is 0 Å². The van der Waals surface area contributed by atoms with Crippen LogP contribution >= 0.6 is 0 Å². The summed E-state index contributed by atoms with van der Waals surface area (Å²) in [4.78, 5) is 22.4. The van der Waals surface area contributed by atoms with Crippen LogP contribution in [-0.2, 0) is 0 Å². The molecule has 0 bridgehead atoms. The van der Waals surface area contributed by atoms with Gasteiger partial charge >= 0.3 is 0 Å². The van der Waals surface area contributed by atoms with E-state index in [2.05, 4.69) is 10.2 Å². The average Bonchev–Trinajstić information content (AvgIpc) is 2.12. The van der Waals surface area contributed by atoms with Crippen LogP contribution in [0.1, 0.15) is 0 Å². The van der Waals surface area contributed by atoms with E-state index in [1.807, 2.05) is 0 Å². The fraction of sp³-hybridized carbons (Fsp3) is 0. The Bertz CT molecular complexity index is 573. The van der Waals surface area contributed by atoms with E-state index in [4.69, 9.17) is 5.73 Å². The molecule has 1 heterocycles. The molecule has 0 aliphatic carbocycles. The smallest absolute Gasteiger partial charge is 0.272 e. The average molecular weight is 216 g/mol. The molecule has 2 aromatic rings. The van der Waals surface area contributed by atoms with Crippen molar-refractivity contribution in [2.45, 2.75) is 0 Å². The van der Waals surface area contributed by atoms with E-state index >= 15 is 0 Å². The third kappa shape index (κ3) is 1.84. The van der Waals surface area contributed by atoms with Crippen molar-refractivity contribution in [2.75, 3.05) is 5.73 Å². The number of nitrogens with one attached hydrogen (secondary N) is 2. The van der Waals surface area contributed by atoms with Crippen molar-refractivity contribution >= 4 is 67.8 Å². The molecule has 0 saturated heterocycles. The Morgan fingerprint density at radius 1 is 1.07 bits per heavy atom. The van der Waals surface area contributed by atoms with Gasteiger partial charge in [0.25, 0.3) is 11.1 Å². The first-order valence-electron chi connectivity index (χ1n) is 3.69. The molecule has 2 rings (SSSR count). The first-order chi connectivity index (χ1) is 6.20. The zero-order chi connectivity index (χ0) is 9.42. The van der Waals surface area contributed by atoms with Crippen molar-refractivity contribution < 1.29 is 0 Å². The SMILES string of the molecule is Nc1cccc2c(=O)[nH][nH]c(=O)c12.[K]. The standard InChI is InChI=1S/C8H7N3O2.K/c9-5-3-1-2-4-6(5)8(13)11-10-7(4)12;/h1-3H,9H2,(H,10,12)(H,11,13);. The van der Waals surface area contributed by atoms with Crippen LogP contribution in [0.25, 0.3) is 10.8 Å². The van der Waals surface area contributed by atoms with E-state index in [1.54, 1.807) is 18.2 Å². The van der Waals surface area contributed by atoms with Crippen molar-refractivity contribution in [3.05, 3.63) is 38.9 Å². The van der Waals surface area contributed by atoms with Gasteiger partial charge in [0.05, 0.1) is 10.8 Å². The molecule has 0 unspecified atom stereocenters. The molecule has 14 heavy (non-hydrogen) atoms. The topological polar surface area (TPSA) is 91.7 Å². The fourth-order valence-electron chi connectivity index (χ4n) is 1.26. The molecule has 0 aliphatic rings. The summed E-state index contributed by atoms with van der Waals surface area (Å²) in [7, 11) is 0. The monoisotopic (exact) mass is 216 g/mol. The van der Waals surface area contributed by atoms with Crippen molar-refractivity contribution in [1.29, 1.82) is 0 Å². The Morgan fingerprint density at radius 3 is 2.36 bits per heavy atom. The quantitative estimate of drug-likeness (QED) is 0.406. The van der Waals surface area contributed by atoms with Crippen LogP contribution in [0.2, 0.25) is 0 Å². The van der Waals surface area contributed by atoms with Crippen LogP contribution in [-0.4, -0.2) is 61.6 Å². The zero-order valence-corrected chi connectivity index (χ0v) is 10.7. The van der Waals surface area contributed by atoms with Gasteiger partial charge in [0.1, 0.15) is 0 Å². The Kier molecular flexibility index (Phi) is 3.68. The Morgan fingerprint density at radius 2 is 1.71 bits per heavy atom. The number of aromatic amines is 2. The van der Waals surface area contributed by atoms with Gasteiger partial charge in [-0.05, 0) is 12.1 Å². The maximum atomic E-state index is 11.2. The van der Waals surface area contributed by atoms with Gasteiger partial charge in [0.15, 0.2) is 0 Å². The Hall–Kier alpha value is -0.404. The summed E-state index contributed by atoms with van der Waals surface area (Å²) in [6.07, 6.45) is 0. The number of hydrogen-bond acceptors (Lipinski definition) is 3. The third-order valence-electron chi connectivity index (χ3n) is 1.86. The number of benzene rings is 1. The van der Waals surface area contributed by atoms with Gasteiger partial charge in [-0.25, -0.2) is 0 Å². The van der Waals surface area contributed by atoms with Crippen molar-refractivity contribution in [1.82, 2.24) is 10.2 Å². The molecule has 1 aromatic heterocycles. The second-order valence-corrected chi connectivity index (χ2v) is 2.68. The fourth-order valence-corrected chi connectivity index (χ4v) is 1.26. The van der Waals surface area contributed by atoms with Gasteiger partial charge in [-0.15, -0.1) is 0 Å². The summed E-state index contributed by atoms with van der Waals surface area (Å²) in [5.74, 6) is 0. The van der Waals surface area contributed by atoms with Crippen LogP contribution in [0.3, 0.4) is 0 Å². The molecule has 6 heteroatoms. The summed E-state index contributed by atoms with van der Waals surface area (Å²) < 4.78 is 0. The van der Waals surface area contributed by atoms with Crippen LogP contribution < -0.4 is 16.9 Å². The number of nitrogen functional groups attached to an aromatic ring is 1. The largest absolute Gasteiger partial charge is 0.398 e. The maximum Gasteiger partial charge on any atom is 0.272 e. The number of rotatable bonds is 0.